The number of carboxylic acid groups (broad SMARTS) is 4. The first-order valence-electron chi connectivity index (χ1n) is 11.5. The maximum absolute atomic E-state index is 9.55. The molecular formula is C25H33N3O9. The van der Waals surface area contributed by atoms with Crippen LogP contribution in [0.4, 0.5) is 0 Å². The number of aliphatic carboxylic acids is 4. The number of rotatable bonds is 9. The Bertz CT molecular complexity index is 1020. The standard InChI is InChI=1S/C17H25N3O.2C4H4O4/c1-19(2)10-5-11-20-12-8-14(9-13-20)17-15-6-3-4-7-16(15)21-18-17;2*5-3(6)1-2-4(7)8/h3-4,6-7,14H,5,8-13H2,1-2H3;2*1-2H,(H,5,6)(H,7,8). The topological polar surface area (TPSA) is 182 Å². The molecule has 1 aromatic heterocycles. The fourth-order valence-corrected chi connectivity index (χ4v) is 3.53. The van der Waals surface area contributed by atoms with E-state index in [0.29, 0.717) is 30.2 Å². The fraction of sp³-hybridized carbons (Fsp3) is 0.400. The molecule has 1 aliphatic rings. The van der Waals surface area contributed by atoms with Gasteiger partial charge >= 0.3 is 23.9 Å². The van der Waals surface area contributed by atoms with Crippen LogP contribution in [-0.4, -0.2) is 99.5 Å². The molecule has 0 aliphatic carbocycles. The van der Waals surface area contributed by atoms with Gasteiger partial charge in [-0.25, -0.2) is 19.2 Å². The van der Waals surface area contributed by atoms with E-state index in [9.17, 15) is 19.2 Å². The van der Waals surface area contributed by atoms with Gasteiger partial charge in [0, 0.05) is 35.6 Å². The molecule has 0 atom stereocenters. The molecule has 2 heterocycles. The summed E-state index contributed by atoms with van der Waals surface area (Å²) in [6, 6.07) is 8.21. The monoisotopic (exact) mass is 519 g/mol. The smallest absolute Gasteiger partial charge is 0.328 e. The summed E-state index contributed by atoms with van der Waals surface area (Å²) in [5.74, 6) is -4.47. The van der Waals surface area contributed by atoms with E-state index in [-0.39, 0.29) is 0 Å². The van der Waals surface area contributed by atoms with Crippen LogP contribution in [0, 0.1) is 0 Å². The lowest BCUT2D eigenvalue weighted by Gasteiger charge is -2.31. The van der Waals surface area contributed by atoms with Crippen LogP contribution in [0.5, 0.6) is 0 Å². The van der Waals surface area contributed by atoms with Gasteiger partial charge in [0.1, 0.15) is 0 Å². The summed E-state index contributed by atoms with van der Waals surface area (Å²) in [4.78, 5) is 43.1. The SMILES string of the molecule is CN(C)CCCN1CCC(c2noc3ccccc23)CC1.O=C(O)C=CC(=O)O.O=C(O)C=CC(=O)O. The lowest BCUT2D eigenvalue weighted by Crippen LogP contribution is -2.34. The van der Waals surface area contributed by atoms with E-state index in [1.807, 2.05) is 12.1 Å². The molecule has 2 aromatic rings. The van der Waals surface area contributed by atoms with Gasteiger partial charge in [0.05, 0.1) is 5.69 Å². The van der Waals surface area contributed by atoms with Gasteiger partial charge in [-0.05, 0) is 71.7 Å². The first kappa shape index (κ1) is 31.0. The molecule has 1 aromatic carbocycles. The summed E-state index contributed by atoms with van der Waals surface area (Å²) in [6.45, 7) is 4.75. The van der Waals surface area contributed by atoms with Gasteiger partial charge in [-0.15, -0.1) is 0 Å². The predicted molar refractivity (Wildman–Crippen MR) is 134 cm³/mol. The third-order valence-electron chi connectivity index (χ3n) is 5.20. The third kappa shape index (κ3) is 13.6. The minimum absolute atomic E-state index is 0.554. The molecule has 4 N–H and O–H groups in total. The number of piperidine rings is 1. The Morgan fingerprint density at radius 2 is 1.41 bits per heavy atom. The van der Waals surface area contributed by atoms with Crippen LogP contribution in [0.2, 0.25) is 0 Å². The van der Waals surface area contributed by atoms with Crippen LogP contribution >= 0.6 is 0 Å². The minimum Gasteiger partial charge on any atom is -0.478 e. The van der Waals surface area contributed by atoms with Crippen molar-refractivity contribution in [3.8, 4) is 0 Å². The summed E-state index contributed by atoms with van der Waals surface area (Å²) in [5.41, 5.74) is 2.08. The lowest BCUT2D eigenvalue weighted by molar-refractivity contribution is -0.134. The maximum atomic E-state index is 9.55. The van der Waals surface area contributed by atoms with Gasteiger partial charge in [0.2, 0.25) is 0 Å². The highest BCUT2D eigenvalue weighted by atomic mass is 16.5. The lowest BCUT2D eigenvalue weighted by atomic mass is 9.91. The minimum atomic E-state index is -1.26. The number of nitrogens with zero attached hydrogens (tertiary/aromatic N) is 3. The zero-order valence-electron chi connectivity index (χ0n) is 20.8. The highest BCUT2D eigenvalue weighted by molar-refractivity contribution is 5.90. The van der Waals surface area contributed by atoms with Crippen molar-refractivity contribution < 1.29 is 44.1 Å². The van der Waals surface area contributed by atoms with Crippen molar-refractivity contribution in [1.82, 2.24) is 15.0 Å². The van der Waals surface area contributed by atoms with Crippen molar-refractivity contribution in [3.63, 3.8) is 0 Å². The van der Waals surface area contributed by atoms with Gasteiger partial charge < -0.3 is 34.7 Å². The van der Waals surface area contributed by atoms with Gasteiger partial charge in [-0.1, -0.05) is 17.3 Å². The molecule has 202 valence electrons. The molecule has 1 aliphatic heterocycles. The van der Waals surface area contributed by atoms with Crippen molar-refractivity contribution in [2.75, 3.05) is 40.3 Å². The van der Waals surface area contributed by atoms with Crippen LogP contribution in [0.25, 0.3) is 11.0 Å². The molecule has 0 radical (unpaired) electrons. The second kappa shape index (κ2) is 16.6. The van der Waals surface area contributed by atoms with E-state index in [4.69, 9.17) is 24.9 Å². The molecule has 0 bridgehead atoms. The molecule has 12 nitrogen and oxygen atoms in total. The van der Waals surface area contributed by atoms with Crippen molar-refractivity contribution >= 4 is 34.8 Å². The van der Waals surface area contributed by atoms with E-state index >= 15 is 0 Å². The van der Waals surface area contributed by atoms with E-state index in [1.54, 1.807) is 0 Å². The number of aromatic nitrogens is 1. The Labute approximate surface area is 214 Å². The van der Waals surface area contributed by atoms with E-state index in [2.05, 4.69) is 41.2 Å². The number of hydrogen-bond donors (Lipinski definition) is 4. The zero-order valence-corrected chi connectivity index (χ0v) is 20.8. The van der Waals surface area contributed by atoms with Crippen molar-refractivity contribution in [2.24, 2.45) is 0 Å². The quantitative estimate of drug-likeness (QED) is 0.356. The van der Waals surface area contributed by atoms with Crippen LogP contribution < -0.4 is 0 Å². The Kier molecular flexibility index (Phi) is 13.9. The summed E-state index contributed by atoms with van der Waals surface area (Å²) in [7, 11) is 4.28. The van der Waals surface area contributed by atoms with Crippen LogP contribution in [0.1, 0.15) is 30.9 Å². The summed E-state index contributed by atoms with van der Waals surface area (Å²) < 4.78 is 5.45. The van der Waals surface area contributed by atoms with E-state index < -0.39 is 23.9 Å². The summed E-state index contributed by atoms with van der Waals surface area (Å²) >= 11 is 0. The molecule has 1 saturated heterocycles. The van der Waals surface area contributed by atoms with Crippen molar-refractivity contribution in [1.29, 1.82) is 0 Å². The maximum Gasteiger partial charge on any atom is 0.328 e. The Morgan fingerprint density at radius 1 is 0.919 bits per heavy atom. The van der Waals surface area contributed by atoms with Gasteiger partial charge in [0.15, 0.2) is 5.58 Å². The number of likely N-dealkylation sites (tertiary alicyclic amines) is 1. The zero-order chi connectivity index (χ0) is 27.8. The number of carbonyl (C=O) groups is 4. The molecule has 37 heavy (non-hydrogen) atoms. The molecule has 0 unspecified atom stereocenters. The number of benzene rings is 1. The number of carboxylic acids is 4. The highest BCUT2D eigenvalue weighted by Gasteiger charge is 2.24. The normalized spacial score (nSPS) is 14.2. The average Bonchev–Trinajstić information content (AvgIpc) is 3.27. The molecular weight excluding hydrogens is 486 g/mol. The molecule has 12 heteroatoms. The predicted octanol–water partition coefficient (Wildman–Crippen LogP) is 2.38. The first-order chi connectivity index (χ1) is 17.5. The van der Waals surface area contributed by atoms with E-state index in [1.165, 1.54) is 56.5 Å². The van der Waals surface area contributed by atoms with Crippen LogP contribution in [0.3, 0.4) is 0 Å². The van der Waals surface area contributed by atoms with Crippen LogP contribution in [-0.2, 0) is 19.2 Å². The van der Waals surface area contributed by atoms with Crippen LogP contribution in [0.15, 0.2) is 53.1 Å². The van der Waals surface area contributed by atoms with Crippen molar-refractivity contribution in [3.05, 3.63) is 54.3 Å². The fourth-order valence-electron chi connectivity index (χ4n) is 3.53. The van der Waals surface area contributed by atoms with Gasteiger partial charge in [-0.3, -0.25) is 0 Å². The molecule has 1 fully saturated rings. The Morgan fingerprint density at radius 3 is 1.86 bits per heavy atom. The number of para-hydroxylation sites is 1. The average molecular weight is 520 g/mol. The largest absolute Gasteiger partial charge is 0.478 e. The second-order valence-electron chi connectivity index (χ2n) is 8.36. The molecule has 0 saturated carbocycles. The van der Waals surface area contributed by atoms with E-state index in [0.717, 1.165) is 5.58 Å². The molecule has 0 spiro atoms. The number of hydrogen-bond acceptors (Lipinski definition) is 8. The number of fused-ring (bicyclic) bond motifs is 1. The Hall–Kier alpha value is -4.03. The Balaban J connectivity index is 0.000000355. The first-order valence-corrected chi connectivity index (χ1v) is 11.5. The molecule has 3 rings (SSSR count). The highest BCUT2D eigenvalue weighted by Crippen LogP contribution is 2.32. The molecule has 0 amide bonds. The summed E-state index contributed by atoms with van der Waals surface area (Å²) in [6.07, 6.45) is 5.87. The third-order valence-corrected chi connectivity index (χ3v) is 5.20. The summed E-state index contributed by atoms with van der Waals surface area (Å²) in [5, 5.41) is 36.8. The van der Waals surface area contributed by atoms with Gasteiger partial charge in [0.25, 0.3) is 0 Å². The van der Waals surface area contributed by atoms with Crippen molar-refractivity contribution in [2.45, 2.75) is 25.2 Å². The second-order valence-corrected chi connectivity index (χ2v) is 8.36. The van der Waals surface area contributed by atoms with Gasteiger partial charge in [-0.2, -0.15) is 0 Å².